The van der Waals surface area contributed by atoms with Crippen molar-refractivity contribution in [2.75, 3.05) is 39.6 Å². The van der Waals surface area contributed by atoms with Crippen molar-refractivity contribution < 1.29 is 33.7 Å². The molecule has 0 bridgehead atoms. The van der Waals surface area contributed by atoms with Crippen molar-refractivity contribution in [3.05, 3.63) is 12.7 Å². The molecule has 2 N–H and O–H groups in total. The lowest BCUT2D eigenvalue weighted by molar-refractivity contribution is -0.139. The van der Waals surface area contributed by atoms with E-state index in [-0.39, 0.29) is 33.0 Å². The van der Waals surface area contributed by atoms with Crippen LogP contribution in [0.4, 0.5) is 0 Å². The fraction of sp³-hybridized carbons (Fsp3) is 0.545. The number of aliphatic carboxylic acids is 1. The van der Waals surface area contributed by atoms with Crippen molar-refractivity contribution in [3.8, 4) is 0 Å². The first-order valence-corrected chi connectivity index (χ1v) is 5.49. The Morgan fingerprint density at radius 3 is 2.37 bits per heavy atom. The fourth-order valence-corrected chi connectivity index (χ4v) is 0.870. The largest absolute Gasteiger partial charge is 0.480 e. The van der Waals surface area contributed by atoms with Gasteiger partial charge in [0, 0.05) is 6.08 Å². The molecule has 19 heavy (non-hydrogen) atoms. The molecule has 0 aliphatic heterocycles. The topological polar surface area (TPSA) is 111 Å². The summed E-state index contributed by atoms with van der Waals surface area (Å²) < 4.78 is 14.6. The van der Waals surface area contributed by atoms with E-state index in [1.807, 2.05) is 0 Å². The smallest absolute Gasteiger partial charge is 0.330 e. The highest BCUT2D eigenvalue weighted by Gasteiger charge is 2.03. The Labute approximate surface area is 110 Å². The summed E-state index contributed by atoms with van der Waals surface area (Å²) in [4.78, 5) is 31.7. The molecule has 0 aliphatic carbocycles. The second kappa shape index (κ2) is 11.2. The number of carbonyl (C=O) groups excluding carboxylic acids is 2. The summed E-state index contributed by atoms with van der Waals surface area (Å²) in [6, 6.07) is 0. The van der Waals surface area contributed by atoms with Crippen LogP contribution in [0.15, 0.2) is 12.7 Å². The van der Waals surface area contributed by atoms with E-state index in [1.165, 1.54) is 0 Å². The van der Waals surface area contributed by atoms with E-state index < -0.39 is 24.4 Å². The van der Waals surface area contributed by atoms with Gasteiger partial charge in [-0.25, -0.2) is 4.79 Å². The summed E-state index contributed by atoms with van der Waals surface area (Å²) in [6.45, 7) is 3.30. The predicted molar refractivity (Wildman–Crippen MR) is 63.4 cm³/mol. The van der Waals surface area contributed by atoms with Crippen LogP contribution in [0.2, 0.25) is 0 Å². The summed E-state index contributed by atoms with van der Waals surface area (Å²) in [5.74, 6) is -2.15. The maximum atomic E-state index is 11.0. The highest BCUT2D eigenvalue weighted by atomic mass is 16.6. The maximum Gasteiger partial charge on any atom is 0.330 e. The quantitative estimate of drug-likeness (QED) is 0.281. The molecule has 0 spiro atoms. The van der Waals surface area contributed by atoms with Gasteiger partial charge in [0.2, 0.25) is 5.91 Å². The van der Waals surface area contributed by atoms with Crippen molar-refractivity contribution in [1.82, 2.24) is 5.32 Å². The second-order valence-electron chi connectivity index (χ2n) is 3.21. The van der Waals surface area contributed by atoms with Gasteiger partial charge >= 0.3 is 11.9 Å². The molecule has 1 amide bonds. The third-order valence-corrected chi connectivity index (χ3v) is 1.68. The minimum atomic E-state index is -1.12. The molecular formula is C11H17NO7. The van der Waals surface area contributed by atoms with Crippen LogP contribution in [0.5, 0.6) is 0 Å². The Morgan fingerprint density at radius 1 is 1.11 bits per heavy atom. The molecule has 8 heteroatoms. The molecule has 0 saturated heterocycles. The highest BCUT2D eigenvalue weighted by Crippen LogP contribution is 1.83. The van der Waals surface area contributed by atoms with E-state index in [0.717, 1.165) is 6.08 Å². The lowest BCUT2D eigenvalue weighted by Gasteiger charge is -2.06. The van der Waals surface area contributed by atoms with Crippen molar-refractivity contribution in [2.24, 2.45) is 0 Å². The van der Waals surface area contributed by atoms with Gasteiger partial charge in [-0.15, -0.1) is 0 Å². The standard InChI is InChI=1S/C11H17NO7/c1-2-11(16)19-6-5-17-3-4-18-8-9(13)12-7-10(14)15/h2H,1,3-8H2,(H,12,13)(H,14,15). The van der Waals surface area contributed by atoms with Crippen molar-refractivity contribution in [1.29, 1.82) is 0 Å². The Bertz CT molecular complexity index is 316. The van der Waals surface area contributed by atoms with E-state index in [4.69, 9.17) is 14.6 Å². The van der Waals surface area contributed by atoms with Gasteiger partial charge in [-0.05, 0) is 0 Å². The van der Waals surface area contributed by atoms with E-state index >= 15 is 0 Å². The number of esters is 1. The van der Waals surface area contributed by atoms with E-state index in [2.05, 4.69) is 16.6 Å². The molecule has 0 saturated carbocycles. The van der Waals surface area contributed by atoms with Gasteiger partial charge in [0.1, 0.15) is 19.8 Å². The van der Waals surface area contributed by atoms with Gasteiger partial charge in [-0.3, -0.25) is 9.59 Å². The molecule has 8 nitrogen and oxygen atoms in total. The summed E-state index contributed by atoms with van der Waals surface area (Å²) in [5.41, 5.74) is 0. The Hall–Kier alpha value is -1.93. The van der Waals surface area contributed by atoms with Crippen LogP contribution in [-0.2, 0) is 28.6 Å². The van der Waals surface area contributed by atoms with Crippen LogP contribution in [0.25, 0.3) is 0 Å². The van der Waals surface area contributed by atoms with Gasteiger partial charge in [-0.2, -0.15) is 0 Å². The molecule has 108 valence electrons. The van der Waals surface area contributed by atoms with Crippen molar-refractivity contribution in [2.45, 2.75) is 0 Å². The van der Waals surface area contributed by atoms with Crippen LogP contribution in [0.1, 0.15) is 0 Å². The van der Waals surface area contributed by atoms with Gasteiger partial charge in [-0.1, -0.05) is 6.58 Å². The first-order valence-electron chi connectivity index (χ1n) is 5.49. The molecule has 0 aromatic heterocycles. The molecule has 0 rings (SSSR count). The molecule has 0 radical (unpaired) electrons. The van der Waals surface area contributed by atoms with Crippen molar-refractivity contribution in [3.63, 3.8) is 0 Å². The van der Waals surface area contributed by atoms with E-state index in [1.54, 1.807) is 0 Å². The number of amides is 1. The van der Waals surface area contributed by atoms with Crippen LogP contribution >= 0.6 is 0 Å². The molecule has 0 aromatic rings. The summed E-state index contributed by atoms with van der Waals surface area (Å²) >= 11 is 0. The zero-order chi connectivity index (χ0) is 14.5. The average molecular weight is 275 g/mol. The van der Waals surface area contributed by atoms with Gasteiger partial charge in [0.15, 0.2) is 0 Å². The predicted octanol–water partition coefficient (Wildman–Crippen LogP) is -1.05. The SMILES string of the molecule is C=CC(=O)OCCOCCOCC(=O)NCC(=O)O. The molecule has 0 aromatic carbocycles. The number of carbonyl (C=O) groups is 3. The number of ether oxygens (including phenoxy) is 3. The summed E-state index contributed by atoms with van der Waals surface area (Å²) in [6.07, 6.45) is 1.05. The average Bonchev–Trinajstić information content (AvgIpc) is 2.38. The molecule has 0 fully saturated rings. The number of rotatable bonds is 11. The maximum absolute atomic E-state index is 11.0. The molecule has 0 heterocycles. The zero-order valence-electron chi connectivity index (χ0n) is 10.4. The monoisotopic (exact) mass is 275 g/mol. The van der Waals surface area contributed by atoms with Crippen LogP contribution < -0.4 is 5.32 Å². The number of nitrogens with one attached hydrogen (secondary N) is 1. The fourth-order valence-electron chi connectivity index (χ4n) is 0.870. The molecule has 0 atom stereocenters. The summed E-state index contributed by atoms with van der Waals surface area (Å²) in [5, 5.41) is 10.4. The molecular weight excluding hydrogens is 258 g/mol. The van der Waals surface area contributed by atoms with Gasteiger partial charge in [0.05, 0.1) is 19.8 Å². The van der Waals surface area contributed by atoms with E-state index in [9.17, 15) is 14.4 Å². The second-order valence-corrected chi connectivity index (χ2v) is 3.21. The first-order chi connectivity index (χ1) is 9.06. The number of carboxylic acids is 1. The lowest BCUT2D eigenvalue weighted by Crippen LogP contribution is -2.32. The Kier molecular flexibility index (Phi) is 10.0. The Morgan fingerprint density at radius 2 is 1.74 bits per heavy atom. The third kappa shape index (κ3) is 12.3. The van der Waals surface area contributed by atoms with Gasteiger partial charge < -0.3 is 24.6 Å². The van der Waals surface area contributed by atoms with Gasteiger partial charge in [0.25, 0.3) is 0 Å². The number of carboxylic acid groups (broad SMARTS) is 1. The number of hydrogen-bond acceptors (Lipinski definition) is 6. The third-order valence-electron chi connectivity index (χ3n) is 1.68. The van der Waals surface area contributed by atoms with E-state index in [0.29, 0.717) is 0 Å². The highest BCUT2D eigenvalue weighted by molar-refractivity contribution is 5.82. The minimum Gasteiger partial charge on any atom is -0.480 e. The Balaban J connectivity index is 3.26. The number of hydrogen-bond donors (Lipinski definition) is 2. The normalized spacial score (nSPS) is 9.68. The van der Waals surface area contributed by atoms with Crippen molar-refractivity contribution >= 4 is 17.8 Å². The van der Waals surface area contributed by atoms with Crippen LogP contribution in [-0.4, -0.2) is 62.5 Å². The molecule has 0 unspecified atom stereocenters. The first kappa shape index (κ1) is 17.1. The summed E-state index contributed by atoms with van der Waals surface area (Å²) in [7, 11) is 0. The van der Waals surface area contributed by atoms with Crippen LogP contribution in [0.3, 0.4) is 0 Å². The zero-order valence-corrected chi connectivity index (χ0v) is 10.4. The minimum absolute atomic E-state index is 0.115. The lowest BCUT2D eigenvalue weighted by atomic mass is 10.5. The van der Waals surface area contributed by atoms with Crippen LogP contribution in [0, 0.1) is 0 Å². The molecule has 0 aliphatic rings.